The minimum atomic E-state index is -3.42. The molecule has 6 nitrogen and oxygen atoms in total. The van der Waals surface area contributed by atoms with Crippen molar-refractivity contribution in [1.29, 1.82) is 0 Å². The number of halogens is 1. The summed E-state index contributed by atoms with van der Waals surface area (Å²) in [7, 11) is -3.42. The van der Waals surface area contributed by atoms with E-state index in [1.807, 2.05) is 25.1 Å². The highest BCUT2D eigenvalue weighted by molar-refractivity contribution is 7.89. The molecule has 3 rings (SSSR count). The van der Waals surface area contributed by atoms with E-state index < -0.39 is 10.0 Å². The molecule has 28 heavy (non-hydrogen) atoms. The molecule has 1 aromatic carbocycles. The zero-order chi connectivity index (χ0) is 19.3. The van der Waals surface area contributed by atoms with Crippen LogP contribution >= 0.6 is 12.4 Å². The van der Waals surface area contributed by atoms with Crippen LogP contribution < -0.4 is 5.73 Å². The minimum absolute atomic E-state index is 0. The number of aryl methyl sites for hydroxylation is 1. The second-order valence-corrected chi connectivity index (χ2v) is 9.37. The van der Waals surface area contributed by atoms with E-state index in [2.05, 4.69) is 4.90 Å². The highest BCUT2D eigenvalue weighted by atomic mass is 35.5. The van der Waals surface area contributed by atoms with Gasteiger partial charge in [-0.05, 0) is 43.7 Å². The van der Waals surface area contributed by atoms with Crippen molar-refractivity contribution in [2.24, 2.45) is 5.73 Å². The first-order valence-electron chi connectivity index (χ1n) is 10.2. The maximum absolute atomic E-state index is 13.1. The molecular formula is C20H34ClN3O3S. The average molecular weight is 432 g/mol. The maximum Gasteiger partial charge on any atom is 0.243 e. The van der Waals surface area contributed by atoms with Gasteiger partial charge in [0.05, 0.1) is 4.90 Å². The lowest BCUT2D eigenvalue weighted by Gasteiger charge is -2.43. The first-order chi connectivity index (χ1) is 13.1. The fourth-order valence-electron chi connectivity index (χ4n) is 4.43. The van der Waals surface area contributed by atoms with Gasteiger partial charge in [-0.25, -0.2) is 8.42 Å². The number of nitrogens with two attached hydrogens (primary N) is 1. The van der Waals surface area contributed by atoms with Gasteiger partial charge < -0.3 is 10.5 Å². The quantitative estimate of drug-likeness (QED) is 0.716. The van der Waals surface area contributed by atoms with Crippen molar-refractivity contribution in [2.75, 3.05) is 39.4 Å². The van der Waals surface area contributed by atoms with Crippen LogP contribution in [0.4, 0.5) is 0 Å². The molecular weight excluding hydrogens is 398 g/mol. The molecule has 0 aromatic heterocycles. The Morgan fingerprint density at radius 3 is 2.32 bits per heavy atom. The Labute approximate surface area is 175 Å². The van der Waals surface area contributed by atoms with Crippen LogP contribution in [0.2, 0.25) is 0 Å². The third-order valence-electron chi connectivity index (χ3n) is 5.91. The Hall–Kier alpha value is -0.700. The predicted octanol–water partition coefficient (Wildman–Crippen LogP) is 2.26. The number of sulfonamides is 1. The molecule has 0 spiro atoms. The van der Waals surface area contributed by atoms with Crippen LogP contribution in [0.3, 0.4) is 0 Å². The third kappa shape index (κ3) is 5.26. The molecule has 0 amide bonds. The monoisotopic (exact) mass is 431 g/mol. The molecule has 0 aliphatic carbocycles. The standard InChI is InChI=1S/C20H33N3O3S.ClH/c1-2-17-5-3-4-6-20(17)27(24,25)22-12-7-18(8-13-22)23(14-11-21)19-9-15-26-16-10-19;/h3-6,18-19H,2,7-16,21H2,1H3;1H. The summed E-state index contributed by atoms with van der Waals surface area (Å²) in [5.74, 6) is 0. The minimum Gasteiger partial charge on any atom is -0.381 e. The Balaban J connectivity index is 0.00000280. The van der Waals surface area contributed by atoms with Gasteiger partial charge in [0.25, 0.3) is 0 Å². The SMILES string of the molecule is CCc1ccccc1S(=O)(=O)N1CCC(N(CCN)C2CCOCC2)CC1.Cl. The number of hydrogen-bond acceptors (Lipinski definition) is 5. The Morgan fingerprint density at radius 1 is 1.11 bits per heavy atom. The highest BCUT2D eigenvalue weighted by Crippen LogP contribution is 2.28. The number of hydrogen-bond donors (Lipinski definition) is 1. The Morgan fingerprint density at radius 2 is 1.71 bits per heavy atom. The van der Waals surface area contributed by atoms with Crippen molar-refractivity contribution in [1.82, 2.24) is 9.21 Å². The molecule has 2 saturated heterocycles. The van der Waals surface area contributed by atoms with Crippen LogP contribution in [0, 0.1) is 0 Å². The molecule has 1 aromatic rings. The van der Waals surface area contributed by atoms with E-state index in [9.17, 15) is 8.42 Å². The third-order valence-corrected chi connectivity index (χ3v) is 7.91. The Bertz CT molecular complexity index is 702. The molecule has 0 saturated carbocycles. The molecule has 0 unspecified atom stereocenters. The first-order valence-corrected chi connectivity index (χ1v) is 11.6. The zero-order valence-electron chi connectivity index (χ0n) is 16.8. The van der Waals surface area contributed by atoms with E-state index in [0.29, 0.717) is 36.6 Å². The molecule has 160 valence electrons. The van der Waals surface area contributed by atoms with E-state index in [4.69, 9.17) is 10.5 Å². The summed E-state index contributed by atoms with van der Waals surface area (Å²) in [5, 5.41) is 0. The van der Waals surface area contributed by atoms with Gasteiger partial charge in [-0.1, -0.05) is 25.1 Å². The summed E-state index contributed by atoms with van der Waals surface area (Å²) < 4.78 is 33.5. The predicted molar refractivity (Wildman–Crippen MR) is 114 cm³/mol. The van der Waals surface area contributed by atoms with Crippen molar-refractivity contribution in [2.45, 2.75) is 56.0 Å². The number of rotatable bonds is 7. The van der Waals surface area contributed by atoms with E-state index in [-0.39, 0.29) is 12.4 Å². The molecule has 2 fully saturated rings. The van der Waals surface area contributed by atoms with Gasteiger partial charge in [0.15, 0.2) is 0 Å². The van der Waals surface area contributed by atoms with E-state index in [1.165, 1.54) is 0 Å². The van der Waals surface area contributed by atoms with Crippen molar-refractivity contribution in [3.63, 3.8) is 0 Å². The summed E-state index contributed by atoms with van der Waals surface area (Å²) in [5.41, 5.74) is 6.76. The van der Waals surface area contributed by atoms with Crippen LogP contribution in [0.1, 0.15) is 38.2 Å². The van der Waals surface area contributed by atoms with Gasteiger partial charge in [-0.3, -0.25) is 4.90 Å². The summed E-state index contributed by atoms with van der Waals surface area (Å²) >= 11 is 0. The molecule has 0 atom stereocenters. The van der Waals surface area contributed by atoms with Crippen molar-refractivity contribution < 1.29 is 13.2 Å². The van der Waals surface area contributed by atoms with Crippen molar-refractivity contribution in [3.8, 4) is 0 Å². The second kappa shape index (κ2) is 10.9. The van der Waals surface area contributed by atoms with Crippen LogP contribution in [-0.2, 0) is 21.2 Å². The summed E-state index contributed by atoms with van der Waals surface area (Å²) in [6, 6.07) is 8.28. The second-order valence-electron chi connectivity index (χ2n) is 7.47. The lowest BCUT2D eigenvalue weighted by Crippen LogP contribution is -2.52. The van der Waals surface area contributed by atoms with Crippen LogP contribution in [-0.4, -0.2) is 69.1 Å². The summed E-state index contributed by atoms with van der Waals surface area (Å²) in [6.07, 6.45) is 4.54. The topological polar surface area (TPSA) is 75.9 Å². The van der Waals surface area contributed by atoms with Crippen LogP contribution in [0.25, 0.3) is 0 Å². The van der Waals surface area contributed by atoms with Crippen molar-refractivity contribution >= 4 is 22.4 Å². The van der Waals surface area contributed by atoms with Gasteiger partial charge >= 0.3 is 0 Å². The molecule has 2 aliphatic heterocycles. The molecule has 2 N–H and O–H groups in total. The Kier molecular flexibility index (Phi) is 9.18. The fourth-order valence-corrected chi connectivity index (χ4v) is 6.19. The number of benzene rings is 1. The highest BCUT2D eigenvalue weighted by Gasteiger charge is 2.34. The average Bonchev–Trinajstić information content (AvgIpc) is 2.72. The fraction of sp³-hybridized carbons (Fsp3) is 0.700. The van der Waals surface area contributed by atoms with E-state index >= 15 is 0 Å². The van der Waals surface area contributed by atoms with Crippen LogP contribution in [0.5, 0.6) is 0 Å². The molecule has 8 heteroatoms. The first kappa shape index (κ1) is 23.6. The summed E-state index contributed by atoms with van der Waals surface area (Å²) in [4.78, 5) is 2.99. The van der Waals surface area contributed by atoms with Crippen LogP contribution in [0.15, 0.2) is 29.2 Å². The van der Waals surface area contributed by atoms with Gasteiger partial charge in [0.2, 0.25) is 10.0 Å². The molecule has 2 aliphatic rings. The van der Waals surface area contributed by atoms with Crippen molar-refractivity contribution in [3.05, 3.63) is 29.8 Å². The summed E-state index contributed by atoms with van der Waals surface area (Å²) in [6.45, 7) is 6.30. The lowest BCUT2D eigenvalue weighted by atomic mass is 9.99. The number of ether oxygens (including phenoxy) is 1. The van der Waals surface area contributed by atoms with Gasteiger partial charge in [0, 0.05) is 51.5 Å². The zero-order valence-corrected chi connectivity index (χ0v) is 18.4. The van der Waals surface area contributed by atoms with Gasteiger partial charge in [-0.15, -0.1) is 12.4 Å². The lowest BCUT2D eigenvalue weighted by molar-refractivity contribution is 0.00838. The maximum atomic E-state index is 13.1. The number of piperidine rings is 1. The number of nitrogens with zero attached hydrogens (tertiary/aromatic N) is 2. The largest absolute Gasteiger partial charge is 0.381 e. The molecule has 0 radical (unpaired) electrons. The normalized spacial score (nSPS) is 20.2. The molecule has 0 bridgehead atoms. The van der Waals surface area contributed by atoms with Gasteiger partial charge in [-0.2, -0.15) is 4.31 Å². The van der Waals surface area contributed by atoms with E-state index in [1.54, 1.807) is 10.4 Å². The van der Waals surface area contributed by atoms with Gasteiger partial charge in [0.1, 0.15) is 0 Å². The smallest absolute Gasteiger partial charge is 0.243 e. The van der Waals surface area contributed by atoms with E-state index in [0.717, 1.165) is 57.4 Å². The molecule has 2 heterocycles.